The maximum atomic E-state index is 12.4. The lowest BCUT2D eigenvalue weighted by molar-refractivity contribution is -0.127. The summed E-state index contributed by atoms with van der Waals surface area (Å²) < 4.78 is 0. The maximum Gasteiger partial charge on any atom is 0.238 e. The van der Waals surface area contributed by atoms with Gasteiger partial charge in [0.2, 0.25) is 5.91 Å². The molecule has 3 rings (SSSR count). The number of amides is 1. The highest BCUT2D eigenvalue weighted by molar-refractivity contribution is 5.82. The van der Waals surface area contributed by atoms with Gasteiger partial charge >= 0.3 is 0 Å². The van der Waals surface area contributed by atoms with E-state index in [-0.39, 0.29) is 11.9 Å². The lowest BCUT2D eigenvalue weighted by Gasteiger charge is -2.35. The van der Waals surface area contributed by atoms with Crippen molar-refractivity contribution in [1.82, 2.24) is 30.8 Å². The fourth-order valence-electron chi connectivity index (χ4n) is 2.71. The Kier molecular flexibility index (Phi) is 3.92. The lowest BCUT2D eigenvalue weighted by atomic mass is 9.93. The van der Waals surface area contributed by atoms with E-state index < -0.39 is 0 Å². The third-order valence-electron chi connectivity index (χ3n) is 3.86. The Morgan fingerprint density at radius 1 is 1.43 bits per heavy atom. The molecule has 0 fully saturated rings. The fourth-order valence-corrected chi connectivity index (χ4v) is 2.71. The van der Waals surface area contributed by atoms with Crippen molar-refractivity contribution in [1.29, 1.82) is 0 Å². The van der Waals surface area contributed by atoms with Crippen LogP contribution in [0.5, 0.6) is 0 Å². The standard InChI is InChI=1S/C14H18N6O/c1-2-20-9-11-6-4-3-5-10(11)7-12(20)14(21)15-8-13-16-18-19-17-13/h3-6,12H,2,7-9H2,1H3,(H,15,21)(H,16,17,18,19). The first kappa shape index (κ1) is 13.7. The van der Waals surface area contributed by atoms with Gasteiger partial charge in [-0.2, -0.15) is 5.21 Å². The number of tetrazole rings is 1. The topological polar surface area (TPSA) is 86.8 Å². The fraction of sp³-hybridized carbons (Fsp3) is 0.429. The number of aromatic amines is 1. The molecule has 1 aliphatic rings. The zero-order valence-electron chi connectivity index (χ0n) is 11.9. The predicted molar refractivity (Wildman–Crippen MR) is 76.0 cm³/mol. The van der Waals surface area contributed by atoms with E-state index in [1.807, 2.05) is 12.1 Å². The number of likely N-dealkylation sites (N-methyl/N-ethyl adjacent to an activating group) is 1. The highest BCUT2D eigenvalue weighted by atomic mass is 16.2. The molecule has 1 aliphatic heterocycles. The van der Waals surface area contributed by atoms with Gasteiger partial charge in [-0.1, -0.05) is 36.4 Å². The molecular formula is C14H18N6O. The Bertz CT molecular complexity index is 612. The normalized spacial score (nSPS) is 18.2. The summed E-state index contributed by atoms with van der Waals surface area (Å²) in [7, 11) is 0. The van der Waals surface area contributed by atoms with Crippen molar-refractivity contribution in [2.45, 2.75) is 32.5 Å². The second kappa shape index (κ2) is 6.01. The van der Waals surface area contributed by atoms with E-state index in [1.165, 1.54) is 11.1 Å². The van der Waals surface area contributed by atoms with Crippen LogP contribution in [-0.2, 0) is 24.3 Å². The van der Waals surface area contributed by atoms with Gasteiger partial charge in [-0.3, -0.25) is 9.69 Å². The molecule has 2 heterocycles. The molecule has 1 amide bonds. The molecule has 2 N–H and O–H groups in total. The first-order chi connectivity index (χ1) is 10.3. The zero-order valence-corrected chi connectivity index (χ0v) is 11.9. The van der Waals surface area contributed by atoms with Crippen molar-refractivity contribution in [3.8, 4) is 0 Å². The molecule has 0 saturated carbocycles. The number of H-pyrrole nitrogens is 1. The Morgan fingerprint density at radius 2 is 2.24 bits per heavy atom. The second-order valence-electron chi connectivity index (χ2n) is 5.10. The summed E-state index contributed by atoms with van der Waals surface area (Å²) in [6.07, 6.45) is 0.738. The summed E-state index contributed by atoms with van der Waals surface area (Å²) in [5, 5.41) is 16.4. The van der Waals surface area contributed by atoms with Gasteiger partial charge in [-0.15, -0.1) is 10.2 Å². The average molecular weight is 286 g/mol. The molecule has 0 saturated heterocycles. The summed E-state index contributed by atoms with van der Waals surface area (Å²) >= 11 is 0. The third-order valence-corrected chi connectivity index (χ3v) is 3.86. The third kappa shape index (κ3) is 2.92. The number of carbonyl (C=O) groups excluding carboxylic acids is 1. The van der Waals surface area contributed by atoms with Gasteiger partial charge in [-0.25, -0.2) is 0 Å². The molecule has 0 spiro atoms. The van der Waals surface area contributed by atoms with Crippen molar-refractivity contribution in [3.05, 3.63) is 41.2 Å². The molecule has 1 aromatic carbocycles. The van der Waals surface area contributed by atoms with E-state index in [0.717, 1.165) is 19.5 Å². The number of fused-ring (bicyclic) bond motifs is 1. The number of benzene rings is 1. The van der Waals surface area contributed by atoms with Crippen molar-refractivity contribution in [2.75, 3.05) is 6.54 Å². The Morgan fingerprint density at radius 3 is 2.95 bits per heavy atom. The summed E-state index contributed by atoms with van der Waals surface area (Å²) in [4.78, 5) is 14.6. The minimum atomic E-state index is -0.142. The molecule has 1 atom stereocenters. The number of carbonyl (C=O) groups is 1. The van der Waals surface area contributed by atoms with Crippen LogP contribution in [0.3, 0.4) is 0 Å². The Labute approximate surface area is 122 Å². The lowest BCUT2D eigenvalue weighted by Crippen LogP contribution is -2.50. The number of aromatic nitrogens is 4. The second-order valence-corrected chi connectivity index (χ2v) is 5.10. The highest BCUT2D eigenvalue weighted by Crippen LogP contribution is 2.23. The summed E-state index contributed by atoms with van der Waals surface area (Å²) in [5.74, 6) is 0.499. The van der Waals surface area contributed by atoms with Gasteiger partial charge < -0.3 is 5.32 Å². The van der Waals surface area contributed by atoms with Gasteiger partial charge in [-0.05, 0) is 24.1 Å². The largest absolute Gasteiger partial charge is 0.347 e. The monoisotopic (exact) mass is 286 g/mol. The Hall–Kier alpha value is -2.28. The van der Waals surface area contributed by atoms with Crippen LogP contribution in [0.1, 0.15) is 23.9 Å². The van der Waals surface area contributed by atoms with E-state index in [4.69, 9.17) is 0 Å². The quantitative estimate of drug-likeness (QED) is 0.842. The molecule has 7 heteroatoms. The van der Waals surface area contributed by atoms with E-state index in [0.29, 0.717) is 12.4 Å². The molecule has 7 nitrogen and oxygen atoms in total. The first-order valence-corrected chi connectivity index (χ1v) is 7.08. The summed E-state index contributed by atoms with van der Waals surface area (Å²) in [6.45, 7) is 4.03. The van der Waals surface area contributed by atoms with E-state index in [2.05, 4.69) is 49.9 Å². The van der Waals surface area contributed by atoms with Crippen LogP contribution < -0.4 is 5.32 Å². The van der Waals surface area contributed by atoms with E-state index >= 15 is 0 Å². The molecule has 0 radical (unpaired) electrons. The van der Waals surface area contributed by atoms with Gasteiger partial charge in [0, 0.05) is 6.54 Å². The number of hydrogen-bond acceptors (Lipinski definition) is 5. The molecule has 2 aromatic rings. The van der Waals surface area contributed by atoms with Crippen LogP contribution in [0.4, 0.5) is 0 Å². The SMILES string of the molecule is CCN1Cc2ccccc2CC1C(=O)NCc1nn[nH]n1. The van der Waals surface area contributed by atoms with Gasteiger partial charge in [0.05, 0.1) is 12.6 Å². The minimum absolute atomic E-state index is 0.0103. The predicted octanol–water partition coefficient (Wildman–Crippen LogP) is 0.263. The molecule has 110 valence electrons. The van der Waals surface area contributed by atoms with Crippen LogP contribution in [0, 0.1) is 0 Å². The van der Waals surface area contributed by atoms with Crippen LogP contribution in [0.15, 0.2) is 24.3 Å². The summed E-state index contributed by atoms with van der Waals surface area (Å²) in [6, 6.07) is 8.16. The van der Waals surface area contributed by atoms with Crippen molar-refractivity contribution in [3.63, 3.8) is 0 Å². The minimum Gasteiger partial charge on any atom is -0.347 e. The smallest absolute Gasteiger partial charge is 0.238 e. The van der Waals surface area contributed by atoms with Crippen LogP contribution >= 0.6 is 0 Å². The molecule has 0 bridgehead atoms. The van der Waals surface area contributed by atoms with Crippen molar-refractivity contribution in [2.24, 2.45) is 0 Å². The average Bonchev–Trinajstić information content (AvgIpc) is 3.04. The highest BCUT2D eigenvalue weighted by Gasteiger charge is 2.30. The zero-order chi connectivity index (χ0) is 14.7. The molecule has 1 aromatic heterocycles. The molecule has 1 unspecified atom stereocenters. The number of hydrogen-bond donors (Lipinski definition) is 2. The van der Waals surface area contributed by atoms with Crippen molar-refractivity contribution >= 4 is 5.91 Å². The molecule has 0 aliphatic carbocycles. The van der Waals surface area contributed by atoms with Crippen LogP contribution in [0.2, 0.25) is 0 Å². The number of nitrogens with zero attached hydrogens (tertiary/aromatic N) is 4. The Balaban J connectivity index is 1.69. The van der Waals surface area contributed by atoms with Gasteiger partial charge in [0.15, 0.2) is 5.82 Å². The van der Waals surface area contributed by atoms with Crippen LogP contribution in [-0.4, -0.2) is 44.0 Å². The number of rotatable bonds is 4. The van der Waals surface area contributed by atoms with E-state index in [9.17, 15) is 4.79 Å². The first-order valence-electron chi connectivity index (χ1n) is 7.08. The maximum absolute atomic E-state index is 12.4. The molecular weight excluding hydrogens is 268 g/mol. The van der Waals surface area contributed by atoms with Crippen molar-refractivity contribution < 1.29 is 4.79 Å². The van der Waals surface area contributed by atoms with E-state index in [1.54, 1.807) is 0 Å². The van der Waals surface area contributed by atoms with Crippen LogP contribution in [0.25, 0.3) is 0 Å². The van der Waals surface area contributed by atoms with Gasteiger partial charge in [0.25, 0.3) is 0 Å². The van der Waals surface area contributed by atoms with Gasteiger partial charge in [0.1, 0.15) is 0 Å². The number of nitrogens with one attached hydrogen (secondary N) is 2. The summed E-state index contributed by atoms with van der Waals surface area (Å²) in [5.41, 5.74) is 2.56. The molecule has 21 heavy (non-hydrogen) atoms.